The number of hydrogen-bond acceptors (Lipinski definition) is 6. The summed E-state index contributed by atoms with van der Waals surface area (Å²) in [6, 6.07) is 0. The molecule has 6 nitrogen and oxygen atoms in total. The second-order valence-electron chi connectivity index (χ2n) is 17.8. The van der Waals surface area contributed by atoms with Gasteiger partial charge in [-0.3, -0.25) is 9.59 Å². The van der Waals surface area contributed by atoms with Gasteiger partial charge < -0.3 is 19.5 Å². The molecule has 0 aliphatic carbocycles. The minimum Gasteiger partial charge on any atom is -0.466 e. The average Bonchev–Trinajstić information content (AvgIpc) is 3.16. The first-order valence-electron chi connectivity index (χ1n) is 24.5. The van der Waals surface area contributed by atoms with Crippen LogP contribution in [0, 0.1) is 5.41 Å². The van der Waals surface area contributed by atoms with Crippen molar-refractivity contribution in [2.75, 3.05) is 32.8 Å². The molecule has 0 aromatic carbocycles. The number of esters is 2. The molecule has 0 rings (SSSR count). The highest BCUT2D eigenvalue weighted by Gasteiger charge is 2.19. The van der Waals surface area contributed by atoms with E-state index in [-0.39, 0.29) is 30.1 Å². The monoisotopic (exact) mass is 780 g/mol. The second kappa shape index (κ2) is 41.0. The largest absolute Gasteiger partial charge is 0.466 e. The van der Waals surface area contributed by atoms with E-state index in [9.17, 15) is 14.7 Å². The molecule has 0 bridgehead atoms. The lowest BCUT2D eigenvalue weighted by Crippen LogP contribution is -2.32. The molecule has 0 atom stereocenters. The first-order valence-corrected chi connectivity index (χ1v) is 24.5. The van der Waals surface area contributed by atoms with Crippen LogP contribution in [0.3, 0.4) is 0 Å². The van der Waals surface area contributed by atoms with E-state index in [1.54, 1.807) is 0 Å². The zero-order chi connectivity index (χ0) is 40.5. The summed E-state index contributed by atoms with van der Waals surface area (Å²) in [6.45, 7) is 15.0. The van der Waals surface area contributed by atoms with Gasteiger partial charge in [0.15, 0.2) is 0 Å². The number of rotatable bonds is 44. The van der Waals surface area contributed by atoms with Gasteiger partial charge in [-0.25, -0.2) is 0 Å². The average molecular weight is 780 g/mol. The molecule has 0 aromatic rings. The van der Waals surface area contributed by atoms with Gasteiger partial charge in [-0.15, -0.1) is 0 Å². The van der Waals surface area contributed by atoms with Crippen LogP contribution in [0.25, 0.3) is 0 Å². The van der Waals surface area contributed by atoms with Crippen molar-refractivity contribution in [2.24, 2.45) is 5.41 Å². The van der Waals surface area contributed by atoms with Crippen molar-refractivity contribution in [3.8, 4) is 0 Å². The van der Waals surface area contributed by atoms with Gasteiger partial charge >= 0.3 is 11.9 Å². The number of unbranched alkanes of at least 4 members (excludes halogenated alkanes) is 24. The number of nitrogens with zero attached hydrogens (tertiary/aromatic N) is 1. The molecule has 55 heavy (non-hydrogen) atoms. The summed E-state index contributed by atoms with van der Waals surface area (Å²) in [5.41, 5.74) is 0.213. The summed E-state index contributed by atoms with van der Waals surface area (Å²) in [5.74, 6) is -0.0201. The van der Waals surface area contributed by atoms with Crippen molar-refractivity contribution in [3.05, 3.63) is 0 Å². The molecule has 0 unspecified atom stereocenters. The van der Waals surface area contributed by atoms with Gasteiger partial charge in [-0.1, -0.05) is 182 Å². The topological polar surface area (TPSA) is 76.1 Å². The van der Waals surface area contributed by atoms with E-state index in [1.165, 1.54) is 128 Å². The number of aliphatic hydroxyl groups excluding tert-OH is 1. The third-order valence-electron chi connectivity index (χ3n) is 11.7. The van der Waals surface area contributed by atoms with E-state index in [2.05, 4.69) is 39.5 Å². The number of ether oxygens (including phenoxy) is 2. The lowest BCUT2D eigenvalue weighted by atomic mass is 9.83. The third-order valence-corrected chi connectivity index (χ3v) is 11.7. The second-order valence-corrected chi connectivity index (χ2v) is 17.8. The van der Waals surface area contributed by atoms with Crippen molar-refractivity contribution in [1.29, 1.82) is 0 Å². The Morgan fingerprint density at radius 1 is 0.491 bits per heavy atom. The maximum atomic E-state index is 12.8. The Hall–Kier alpha value is -1.14. The molecule has 0 fully saturated rings. The number of hydrogen-bond donors (Lipinski definition) is 1. The molecule has 1 N–H and O–H groups in total. The minimum atomic E-state index is -0.0355. The standard InChI is InChI=1S/C49H97NO5/c1-6-9-12-15-18-21-27-34-45-54-47(52)37-31-32-39-49(4,5)40-42-50(43-44-51)41-33-26-22-25-30-38-48(53)55-46(35-28-23-19-16-13-10-7-2)36-29-24-20-17-14-11-8-3/h46,51H,6-45H2,1-5H3. The van der Waals surface area contributed by atoms with Crippen LogP contribution in [-0.2, 0) is 19.1 Å². The molecule has 0 saturated carbocycles. The molecule has 0 aliphatic heterocycles. The summed E-state index contributed by atoms with van der Waals surface area (Å²) >= 11 is 0. The van der Waals surface area contributed by atoms with E-state index in [0.29, 0.717) is 19.4 Å². The molecular weight excluding hydrogens is 683 g/mol. The number of carbonyl (C=O) groups is 2. The molecule has 6 heteroatoms. The Balaban J connectivity index is 4.18. The highest BCUT2D eigenvalue weighted by atomic mass is 16.5. The first-order chi connectivity index (χ1) is 26.8. The zero-order valence-electron chi connectivity index (χ0n) is 37.9. The Morgan fingerprint density at radius 2 is 0.927 bits per heavy atom. The van der Waals surface area contributed by atoms with Crippen molar-refractivity contribution in [1.82, 2.24) is 4.90 Å². The van der Waals surface area contributed by atoms with Crippen LogP contribution < -0.4 is 0 Å². The van der Waals surface area contributed by atoms with Crippen molar-refractivity contribution in [3.63, 3.8) is 0 Å². The van der Waals surface area contributed by atoms with Crippen LogP contribution in [0.1, 0.15) is 259 Å². The van der Waals surface area contributed by atoms with Gasteiger partial charge in [0.05, 0.1) is 13.2 Å². The summed E-state index contributed by atoms with van der Waals surface area (Å²) in [4.78, 5) is 27.4. The fourth-order valence-electron chi connectivity index (χ4n) is 7.73. The molecule has 0 amide bonds. The molecule has 0 saturated heterocycles. The maximum absolute atomic E-state index is 12.8. The maximum Gasteiger partial charge on any atom is 0.306 e. The van der Waals surface area contributed by atoms with Gasteiger partial charge in [0.25, 0.3) is 0 Å². The lowest BCUT2D eigenvalue weighted by molar-refractivity contribution is -0.150. The van der Waals surface area contributed by atoms with E-state index < -0.39 is 0 Å². The van der Waals surface area contributed by atoms with Gasteiger partial charge in [-0.2, -0.15) is 0 Å². The zero-order valence-corrected chi connectivity index (χ0v) is 37.9. The Bertz CT molecular complexity index is 799. The fourth-order valence-corrected chi connectivity index (χ4v) is 7.73. The summed E-state index contributed by atoms with van der Waals surface area (Å²) in [7, 11) is 0. The van der Waals surface area contributed by atoms with Crippen molar-refractivity contribution in [2.45, 2.75) is 265 Å². The molecule has 0 aliphatic rings. The SMILES string of the molecule is CCCCCCCCCCOC(=O)CCCCC(C)(C)CCN(CCO)CCCCCCCC(=O)OC(CCCCCCCCC)CCCCCCCCC. The molecule has 0 heterocycles. The summed E-state index contributed by atoms with van der Waals surface area (Å²) in [5, 5.41) is 9.69. The predicted molar refractivity (Wildman–Crippen MR) is 237 cm³/mol. The molecule has 0 aromatic heterocycles. The first kappa shape index (κ1) is 53.9. The number of aliphatic hydroxyl groups is 1. The van der Waals surface area contributed by atoms with Crippen molar-refractivity contribution >= 4 is 11.9 Å². The lowest BCUT2D eigenvalue weighted by Gasteiger charge is -2.29. The van der Waals surface area contributed by atoms with Gasteiger partial charge in [0, 0.05) is 19.4 Å². The predicted octanol–water partition coefficient (Wildman–Crippen LogP) is 14.5. The number of carbonyl (C=O) groups excluding carboxylic acids is 2. The normalized spacial score (nSPS) is 11.9. The van der Waals surface area contributed by atoms with Crippen LogP contribution >= 0.6 is 0 Å². The summed E-state index contributed by atoms with van der Waals surface area (Å²) < 4.78 is 11.5. The van der Waals surface area contributed by atoms with Gasteiger partial charge in [-0.05, 0) is 82.7 Å². The highest BCUT2D eigenvalue weighted by molar-refractivity contribution is 5.69. The van der Waals surface area contributed by atoms with Crippen LogP contribution in [0.2, 0.25) is 0 Å². The van der Waals surface area contributed by atoms with Gasteiger partial charge in [0.2, 0.25) is 0 Å². The quantitative estimate of drug-likeness (QED) is 0.0490. The molecule has 328 valence electrons. The van der Waals surface area contributed by atoms with Crippen LogP contribution in [0.15, 0.2) is 0 Å². The Labute approximate surface area is 343 Å². The van der Waals surface area contributed by atoms with Crippen LogP contribution in [-0.4, -0.2) is 60.9 Å². The van der Waals surface area contributed by atoms with E-state index >= 15 is 0 Å². The van der Waals surface area contributed by atoms with E-state index in [4.69, 9.17) is 9.47 Å². The van der Waals surface area contributed by atoms with E-state index in [0.717, 1.165) is 103 Å². The fraction of sp³-hybridized carbons (Fsp3) is 0.959. The Morgan fingerprint density at radius 3 is 1.45 bits per heavy atom. The highest BCUT2D eigenvalue weighted by Crippen LogP contribution is 2.28. The smallest absolute Gasteiger partial charge is 0.306 e. The molecule has 0 radical (unpaired) electrons. The minimum absolute atomic E-state index is 0.0154. The third kappa shape index (κ3) is 39.5. The van der Waals surface area contributed by atoms with Crippen LogP contribution in [0.4, 0.5) is 0 Å². The van der Waals surface area contributed by atoms with Gasteiger partial charge in [0.1, 0.15) is 6.10 Å². The van der Waals surface area contributed by atoms with Crippen LogP contribution in [0.5, 0.6) is 0 Å². The molecular formula is C49H97NO5. The molecule has 0 spiro atoms. The summed E-state index contributed by atoms with van der Waals surface area (Å²) in [6.07, 6.45) is 41.1. The van der Waals surface area contributed by atoms with Crippen molar-refractivity contribution < 1.29 is 24.2 Å². The Kier molecular flexibility index (Phi) is 40.2. The van der Waals surface area contributed by atoms with E-state index in [1.807, 2.05) is 0 Å².